The highest BCUT2D eigenvalue weighted by Gasteiger charge is 2.04. The van der Waals surface area contributed by atoms with Gasteiger partial charge in [-0.15, -0.1) is 0 Å². The van der Waals surface area contributed by atoms with Crippen molar-refractivity contribution in [2.24, 2.45) is 5.73 Å². The number of ether oxygens (including phenoxy) is 2. The van der Waals surface area contributed by atoms with Crippen LogP contribution in [0.15, 0.2) is 18.2 Å². The van der Waals surface area contributed by atoms with Crippen molar-refractivity contribution in [2.45, 2.75) is 13.2 Å². The van der Waals surface area contributed by atoms with Gasteiger partial charge in [0.25, 0.3) is 0 Å². The Labute approximate surface area is 96.9 Å². The van der Waals surface area contributed by atoms with Crippen molar-refractivity contribution < 1.29 is 9.47 Å². The first-order valence-corrected chi connectivity index (χ1v) is 5.25. The highest BCUT2D eigenvalue weighted by atomic mass is 16.5. The molecular weight excluding hydrogens is 204 g/mol. The van der Waals surface area contributed by atoms with E-state index in [1.165, 1.54) is 0 Å². The van der Waals surface area contributed by atoms with Gasteiger partial charge >= 0.3 is 0 Å². The van der Waals surface area contributed by atoms with Gasteiger partial charge in [-0.05, 0) is 31.8 Å². The van der Waals surface area contributed by atoms with Gasteiger partial charge in [0.15, 0.2) is 0 Å². The molecule has 0 fully saturated rings. The second kappa shape index (κ2) is 6.48. The van der Waals surface area contributed by atoms with E-state index in [-0.39, 0.29) is 0 Å². The van der Waals surface area contributed by atoms with Crippen molar-refractivity contribution in [3.05, 3.63) is 29.3 Å². The predicted octanol–water partition coefficient (Wildman–Crippen LogP) is 1.19. The van der Waals surface area contributed by atoms with Crippen LogP contribution in [0.3, 0.4) is 0 Å². The summed E-state index contributed by atoms with van der Waals surface area (Å²) in [7, 11) is 5.59. The fourth-order valence-electron chi connectivity index (χ4n) is 1.41. The van der Waals surface area contributed by atoms with Gasteiger partial charge in [0.2, 0.25) is 0 Å². The third-order valence-electron chi connectivity index (χ3n) is 2.19. The van der Waals surface area contributed by atoms with Crippen molar-refractivity contribution in [3.63, 3.8) is 0 Å². The molecule has 16 heavy (non-hydrogen) atoms. The summed E-state index contributed by atoms with van der Waals surface area (Å²) in [6.45, 7) is 1.66. The van der Waals surface area contributed by atoms with Crippen molar-refractivity contribution in [1.82, 2.24) is 4.90 Å². The van der Waals surface area contributed by atoms with Crippen LogP contribution in [-0.2, 0) is 17.9 Å². The molecule has 0 aliphatic heterocycles. The summed E-state index contributed by atoms with van der Waals surface area (Å²) >= 11 is 0. The zero-order chi connectivity index (χ0) is 12.0. The normalized spacial score (nSPS) is 10.8. The quantitative estimate of drug-likeness (QED) is 0.737. The summed E-state index contributed by atoms with van der Waals surface area (Å²) in [5.41, 5.74) is 7.72. The van der Waals surface area contributed by atoms with Crippen LogP contribution in [0, 0.1) is 0 Å². The molecule has 4 heteroatoms. The fourth-order valence-corrected chi connectivity index (χ4v) is 1.41. The molecule has 0 saturated heterocycles. The van der Waals surface area contributed by atoms with Crippen LogP contribution in [0.1, 0.15) is 11.1 Å². The Morgan fingerprint density at radius 2 is 2.06 bits per heavy atom. The van der Waals surface area contributed by atoms with Gasteiger partial charge in [0.05, 0.1) is 20.4 Å². The van der Waals surface area contributed by atoms with Crippen molar-refractivity contribution in [3.8, 4) is 5.75 Å². The number of hydrogen-bond acceptors (Lipinski definition) is 4. The van der Waals surface area contributed by atoms with E-state index < -0.39 is 0 Å². The number of nitrogens with zero attached hydrogens (tertiary/aromatic N) is 1. The first-order chi connectivity index (χ1) is 7.67. The molecule has 1 rings (SSSR count). The Bertz CT molecular complexity index is 327. The van der Waals surface area contributed by atoms with Crippen LogP contribution < -0.4 is 10.5 Å². The standard InChI is InChI=1S/C12H20N2O2/c1-14(2)9-16-8-11-6-10(7-13)4-5-12(11)15-3/h4-6H,7-9,13H2,1-3H3. The maximum atomic E-state index is 5.60. The lowest BCUT2D eigenvalue weighted by Gasteiger charge is -2.13. The van der Waals surface area contributed by atoms with Crippen LogP contribution in [-0.4, -0.2) is 32.8 Å². The van der Waals surface area contributed by atoms with Gasteiger partial charge in [-0.1, -0.05) is 6.07 Å². The van der Waals surface area contributed by atoms with Crippen LogP contribution in [0.5, 0.6) is 5.75 Å². The fraction of sp³-hybridized carbons (Fsp3) is 0.500. The van der Waals surface area contributed by atoms with Gasteiger partial charge in [-0.25, -0.2) is 0 Å². The number of hydrogen-bond donors (Lipinski definition) is 1. The van der Waals surface area contributed by atoms with E-state index in [0.29, 0.717) is 19.9 Å². The molecule has 0 aliphatic carbocycles. The first-order valence-electron chi connectivity index (χ1n) is 5.25. The molecule has 0 aliphatic rings. The van der Waals surface area contributed by atoms with E-state index in [4.69, 9.17) is 15.2 Å². The number of nitrogens with two attached hydrogens (primary N) is 1. The second-order valence-corrected chi connectivity index (χ2v) is 3.91. The lowest BCUT2D eigenvalue weighted by Crippen LogP contribution is -2.16. The second-order valence-electron chi connectivity index (χ2n) is 3.91. The highest BCUT2D eigenvalue weighted by molar-refractivity contribution is 5.36. The molecule has 2 N–H and O–H groups in total. The summed E-state index contributed by atoms with van der Waals surface area (Å²) in [6.07, 6.45) is 0. The van der Waals surface area contributed by atoms with Crippen molar-refractivity contribution in [1.29, 1.82) is 0 Å². The third-order valence-corrected chi connectivity index (χ3v) is 2.19. The Hall–Kier alpha value is -1.10. The maximum absolute atomic E-state index is 5.60. The first kappa shape index (κ1) is 13.0. The zero-order valence-corrected chi connectivity index (χ0v) is 10.2. The molecular formula is C12H20N2O2. The molecule has 0 heterocycles. The third kappa shape index (κ3) is 3.81. The smallest absolute Gasteiger partial charge is 0.124 e. The van der Waals surface area contributed by atoms with Crippen molar-refractivity contribution in [2.75, 3.05) is 27.9 Å². The van der Waals surface area contributed by atoms with E-state index in [2.05, 4.69) is 0 Å². The SMILES string of the molecule is COc1ccc(CN)cc1COCN(C)C. The van der Waals surface area contributed by atoms with E-state index in [1.54, 1.807) is 7.11 Å². The summed E-state index contributed by atoms with van der Waals surface area (Å²) in [6, 6.07) is 5.92. The van der Waals surface area contributed by atoms with Gasteiger partial charge in [0, 0.05) is 12.1 Å². The highest BCUT2D eigenvalue weighted by Crippen LogP contribution is 2.20. The van der Waals surface area contributed by atoms with E-state index >= 15 is 0 Å². The molecule has 0 aromatic heterocycles. The summed E-state index contributed by atoms with van der Waals surface area (Å²) in [5, 5.41) is 0. The molecule has 0 bridgehead atoms. The van der Waals surface area contributed by atoms with E-state index in [9.17, 15) is 0 Å². The number of methoxy groups -OCH3 is 1. The molecule has 4 nitrogen and oxygen atoms in total. The van der Waals surface area contributed by atoms with Crippen LogP contribution in [0.4, 0.5) is 0 Å². The average Bonchev–Trinajstić information content (AvgIpc) is 2.28. The molecule has 0 unspecified atom stereocenters. The topological polar surface area (TPSA) is 47.7 Å². The number of benzene rings is 1. The summed E-state index contributed by atoms with van der Waals surface area (Å²) in [4.78, 5) is 1.97. The minimum absolute atomic E-state index is 0.532. The molecule has 0 spiro atoms. The monoisotopic (exact) mass is 224 g/mol. The summed E-state index contributed by atoms with van der Waals surface area (Å²) in [5.74, 6) is 0.843. The van der Waals surface area contributed by atoms with E-state index in [0.717, 1.165) is 16.9 Å². The van der Waals surface area contributed by atoms with Crippen molar-refractivity contribution >= 4 is 0 Å². The average molecular weight is 224 g/mol. The molecule has 0 saturated carbocycles. The van der Waals surface area contributed by atoms with Crippen LogP contribution in [0.25, 0.3) is 0 Å². The molecule has 0 atom stereocenters. The minimum Gasteiger partial charge on any atom is -0.496 e. The number of rotatable bonds is 6. The molecule has 0 radical (unpaired) electrons. The molecule has 0 amide bonds. The Kier molecular flexibility index (Phi) is 5.25. The Morgan fingerprint density at radius 3 is 2.62 bits per heavy atom. The lowest BCUT2D eigenvalue weighted by atomic mass is 10.1. The largest absolute Gasteiger partial charge is 0.496 e. The summed E-state index contributed by atoms with van der Waals surface area (Å²) < 4.78 is 10.8. The maximum Gasteiger partial charge on any atom is 0.124 e. The van der Waals surface area contributed by atoms with Gasteiger partial charge in [-0.3, -0.25) is 4.90 Å². The molecule has 90 valence electrons. The Morgan fingerprint density at radius 1 is 1.31 bits per heavy atom. The van der Waals surface area contributed by atoms with Crippen LogP contribution in [0.2, 0.25) is 0 Å². The molecule has 1 aromatic carbocycles. The van der Waals surface area contributed by atoms with Gasteiger partial charge in [0.1, 0.15) is 5.75 Å². The lowest BCUT2D eigenvalue weighted by molar-refractivity contribution is 0.0441. The minimum atomic E-state index is 0.532. The Balaban J connectivity index is 2.67. The van der Waals surface area contributed by atoms with Crippen LogP contribution >= 0.6 is 0 Å². The van der Waals surface area contributed by atoms with Gasteiger partial charge in [-0.2, -0.15) is 0 Å². The van der Waals surface area contributed by atoms with E-state index in [1.807, 2.05) is 37.2 Å². The van der Waals surface area contributed by atoms with Gasteiger partial charge < -0.3 is 15.2 Å². The zero-order valence-electron chi connectivity index (χ0n) is 10.2. The predicted molar refractivity (Wildman–Crippen MR) is 64.2 cm³/mol. The molecule has 1 aromatic rings.